The van der Waals surface area contributed by atoms with Gasteiger partial charge in [-0.05, 0) is 43.1 Å². The molecule has 0 aromatic heterocycles. The van der Waals surface area contributed by atoms with Gasteiger partial charge >= 0.3 is 0 Å². The number of para-hydroxylation sites is 1. The fourth-order valence-electron chi connectivity index (χ4n) is 3.86. The van der Waals surface area contributed by atoms with Crippen LogP contribution in [0, 0.1) is 0 Å². The summed E-state index contributed by atoms with van der Waals surface area (Å²) >= 11 is 0. The van der Waals surface area contributed by atoms with Crippen molar-refractivity contribution in [2.45, 2.75) is 12.8 Å². The van der Waals surface area contributed by atoms with Gasteiger partial charge in [-0.25, -0.2) is 0 Å². The summed E-state index contributed by atoms with van der Waals surface area (Å²) in [6.07, 6.45) is 1.81. The van der Waals surface area contributed by atoms with Crippen molar-refractivity contribution in [3.05, 3.63) is 65.2 Å². The Kier molecular flexibility index (Phi) is 4.71. The largest absolute Gasteiger partial charge is 0.369 e. The molecule has 134 valence electrons. The van der Waals surface area contributed by atoms with Gasteiger partial charge in [0.05, 0.1) is 11.1 Å². The van der Waals surface area contributed by atoms with Crippen LogP contribution in [-0.4, -0.2) is 49.4 Å². The van der Waals surface area contributed by atoms with Crippen molar-refractivity contribution < 1.29 is 9.59 Å². The summed E-state index contributed by atoms with van der Waals surface area (Å²) in [6.45, 7) is 5.21. The summed E-state index contributed by atoms with van der Waals surface area (Å²) in [6, 6.07) is 16.1. The predicted octanol–water partition coefficient (Wildman–Crippen LogP) is 2.33. The van der Waals surface area contributed by atoms with Crippen molar-refractivity contribution in [2.75, 3.05) is 37.6 Å². The molecule has 0 atom stereocenters. The highest BCUT2D eigenvalue weighted by molar-refractivity contribution is 6.22. The first-order valence-corrected chi connectivity index (χ1v) is 9.22. The average molecular weight is 349 g/mol. The van der Waals surface area contributed by atoms with Gasteiger partial charge in [0.25, 0.3) is 11.8 Å². The number of nitrogens with one attached hydrogen (secondary N) is 1. The highest BCUT2D eigenvalue weighted by Crippen LogP contribution is 2.21. The zero-order valence-corrected chi connectivity index (χ0v) is 14.8. The molecule has 0 unspecified atom stereocenters. The number of carbonyl (C=O) groups excluding carboxylic acids is 2. The fraction of sp³-hybridized carbons (Fsp3) is 0.333. The quantitative estimate of drug-likeness (QED) is 0.842. The number of amides is 2. The molecule has 2 heterocycles. The zero-order valence-electron chi connectivity index (χ0n) is 14.8. The number of rotatable bonds is 5. The Labute approximate surface area is 153 Å². The number of aryl methyl sites for hydroxylation is 1. The highest BCUT2D eigenvalue weighted by atomic mass is 16.2. The van der Waals surface area contributed by atoms with Gasteiger partial charge in [0, 0.05) is 31.9 Å². The lowest BCUT2D eigenvalue weighted by molar-refractivity contribution is 0.0879. The number of imide groups is 1. The van der Waals surface area contributed by atoms with Crippen LogP contribution in [0.2, 0.25) is 0 Å². The molecule has 5 heteroatoms. The molecule has 0 radical (unpaired) electrons. The molecule has 2 aromatic rings. The molecular formula is C21H23N3O2. The second-order valence-electron chi connectivity index (χ2n) is 6.89. The average Bonchev–Trinajstić information content (AvgIpc) is 2.98. The van der Waals surface area contributed by atoms with Crippen LogP contribution in [-0.2, 0) is 6.42 Å². The van der Waals surface area contributed by atoms with Crippen LogP contribution in [0.3, 0.4) is 0 Å². The summed E-state index contributed by atoms with van der Waals surface area (Å²) in [4.78, 5) is 28.6. The molecule has 1 N–H and O–H groups in total. The van der Waals surface area contributed by atoms with E-state index in [2.05, 4.69) is 39.4 Å². The summed E-state index contributed by atoms with van der Waals surface area (Å²) in [5.74, 6) is -0.527. The SMILES string of the molecule is O=C1NC(=O)c2c(CCCN3CCN(c4ccccc4)CC3)cccc21. The third-order valence-corrected chi connectivity index (χ3v) is 5.26. The maximum Gasteiger partial charge on any atom is 0.259 e. The summed E-state index contributed by atoms with van der Waals surface area (Å²) in [7, 11) is 0. The third kappa shape index (κ3) is 3.35. The number of benzene rings is 2. The van der Waals surface area contributed by atoms with E-state index in [1.807, 2.05) is 18.2 Å². The van der Waals surface area contributed by atoms with E-state index in [4.69, 9.17) is 0 Å². The summed E-state index contributed by atoms with van der Waals surface area (Å²) < 4.78 is 0. The van der Waals surface area contributed by atoms with Crippen LogP contribution in [0.1, 0.15) is 32.7 Å². The molecule has 0 saturated carbocycles. The van der Waals surface area contributed by atoms with Crippen molar-refractivity contribution >= 4 is 17.5 Å². The molecule has 2 amide bonds. The Balaban J connectivity index is 1.29. The second kappa shape index (κ2) is 7.30. The smallest absolute Gasteiger partial charge is 0.259 e. The zero-order chi connectivity index (χ0) is 17.9. The lowest BCUT2D eigenvalue weighted by Crippen LogP contribution is -2.46. The van der Waals surface area contributed by atoms with Crippen molar-refractivity contribution in [3.8, 4) is 0 Å². The Morgan fingerprint density at radius 2 is 1.62 bits per heavy atom. The van der Waals surface area contributed by atoms with Crippen LogP contribution in [0.4, 0.5) is 5.69 Å². The third-order valence-electron chi connectivity index (χ3n) is 5.26. The number of hydrogen-bond donors (Lipinski definition) is 1. The first-order valence-electron chi connectivity index (χ1n) is 9.22. The number of hydrogen-bond acceptors (Lipinski definition) is 4. The Bertz CT molecular complexity index is 811. The monoisotopic (exact) mass is 349 g/mol. The molecule has 0 bridgehead atoms. The van der Waals surface area contributed by atoms with E-state index >= 15 is 0 Å². The van der Waals surface area contributed by atoms with Gasteiger partial charge in [0.2, 0.25) is 0 Å². The highest BCUT2D eigenvalue weighted by Gasteiger charge is 2.28. The Hall–Kier alpha value is -2.66. The van der Waals surface area contributed by atoms with Gasteiger partial charge in [0.1, 0.15) is 0 Å². The topological polar surface area (TPSA) is 52.7 Å². The molecule has 4 rings (SSSR count). The molecular weight excluding hydrogens is 326 g/mol. The maximum absolute atomic E-state index is 12.0. The molecule has 0 aliphatic carbocycles. The van der Waals surface area contributed by atoms with Gasteiger partial charge in [-0.15, -0.1) is 0 Å². The van der Waals surface area contributed by atoms with Gasteiger partial charge in [0.15, 0.2) is 0 Å². The number of fused-ring (bicyclic) bond motifs is 1. The van der Waals surface area contributed by atoms with E-state index in [-0.39, 0.29) is 11.8 Å². The molecule has 0 spiro atoms. The van der Waals surface area contributed by atoms with E-state index in [1.54, 1.807) is 6.07 Å². The number of nitrogens with zero attached hydrogens (tertiary/aromatic N) is 2. The van der Waals surface area contributed by atoms with Gasteiger partial charge in [-0.1, -0.05) is 30.3 Å². The van der Waals surface area contributed by atoms with E-state index in [0.717, 1.165) is 51.1 Å². The predicted molar refractivity (Wildman–Crippen MR) is 102 cm³/mol. The minimum atomic E-state index is -0.274. The summed E-state index contributed by atoms with van der Waals surface area (Å²) in [5, 5.41) is 2.39. The second-order valence-corrected chi connectivity index (χ2v) is 6.89. The standard InChI is InChI=1S/C21H23N3O2/c25-20-18-10-4-6-16(19(18)21(26)22-20)7-5-11-23-12-14-24(15-13-23)17-8-2-1-3-9-17/h1-4,6,8-10H,5,7,11-15H2,(H,22,25,26). The normalized spacial score (nSPS) is 17.3. The first-order chi connectivity index (χ1) is 12.7. The Morgan fingerprint density at radius 3 is 2.38 bits per heavy atom. The van der Waals surface area contributed by atoms with Gasteiger partial charge < -0.3 is 4.90 Å². The Morgan fingerprint density at radius 1 is 0.846 bits per heavy atom. The first kappa shape index (κ1) is 16.8. The fourth-order valence-corrected chi connectivity index (χ4v) is 3.86. The minimum absolute atomic E-state index is 0.253. The van der Waals surface area contributed by atoms with Crippen LogP contribution in [0.15, 0.2) is 48.5 Å². The maximum atomic E-state index is 12.0. The molecule has 2 aromatic carbocycles. The van der Waals surface area contributed by atoms with Crippen LogP contribution in [0.25, 0.3) is 0 Å². The molecule has 26 heavy (non-hydrogen) atoms. The number of carbonyl (C=O) groups is 2. The molecule has 1 fully saturated rings. The van der Waals surface area contributed by atoms with E-state index < -0.39 is 0 Å². The lowest BCUT2D eigenvalue weighted by Gasteiger charge is -2.36. The number of piperazine rings is 1. The molecule has 2 aliphatic heterocycles. The lowest BCUT2D eigenvalue weighted by atomic mass is 9.99. The van der Waals surface area contributed by atoms with E-state index in [0.29, 0.717) is 11.1 Å². The van der Waals surface area contributed by atoms with E-state index in [1.165, 1.54) is 5.69 Å². The van der Waals surface area contributed by atoms with Crippen molar-refractivity contribution in [1.29, 1.82) is 0 Å². The van der Waals surface area contributed by atoms with Crippen LogP contribution < -0.4 is 10.2 Å². The van der Waals surface area contributed by atoms with Gasteiger partial charge in [-0.3, -0.25) is 19.8 Å². The molecule has 1 saturated heterocycles. The van der Waals surface area contributed by atoms with Crippen LogP contribution >= 0.6 is 0 Å². The minimum Gasteiger partial charge on any atom is -0.369 e. The van der Waals surface area contributed by atoms with Crippen molar-refractivity contribution in [2.24, 2.45) is 0 Å². The van der Waals surface area contributed by atoms with E-state index in [9.17, 15) is 9.59 Å². The molecule has 5 nitrogen and oxygen atoms in total. The van der Waals surface area contributed by atoms with Crippen molar-refractivity contribution in [3.63, 3.8) is 0 Å². The summed E-state index contributed by atoms with van der Waals surface area (Å²) in [5.41, 5.74) is 3.37. The van der Waals surface area contributed by atoms with Crippen LogP contribution in [0.5, 0.6) is 0 Å². The molecule has 2 aliphatic rings. The van der Waals surface area contributed by atoms with Gasteiger partial charge in [-0.2, -0.15) is 0 Å². The number of anilines is 1. The van der Waals surface area contributed by atoms with Crippen molar-refractivity contribution in [1.82, 2.24) is 10.2 Å².